The molecule has 84 valence electrons. The molecular formula is C12H18O3. The zero-order valence-electron chi connectivity index (χ0n) is 9.22. The highest BCUT2D eigenvalue weighted by atomic mass is 16.7. The van der Waals surface area contributed by atoms with Crippen molar-refractivity contribution in [3.63, 3.8) is 0 Å². The Bertz CT molecular complexity index is 261. The molecule has 1 aromatic rings. The number of aliphatic hydroxyl groups excluding tert-OH is 1. The van der Waals surface area contributed by atoms with Crippen LogP contribution in [0, 0.1) is 0 Å². The van der Waals surface area contributed by atoms with Crippen molar-refractivity contribution in [3.05, 3.63) is 35.9 Å². The van der Waals surface area contributed by atoms with Crippen LogP contribution in [0.15, 0.2) is 30.3 Å². The van der Waals surface area contributed by atoms with Gasteiger partial charge in [-0.15, -0.1) is 0 Å². The van der Waals surface area contributed by atoms with E-state index in [4.69, 9.17) is 9.47 Å². The van der Waals surface area contributed by atoms with Gasteiger partial charge in [-0.25, -0.2) is 0 Å². The molecule has 3 nitrogen and oxygen atoms in total. The molecule has 2 unspecified atom stereocenters. The fraction of sp³-hybridized carbons (Fsp3) is 0.500. The molecule has 15 heavy (non-hydrogen) atoms. The summed E-state index contributed by atoms with van der Waals surface area (Å²) in [6.45, 7) is 2.50. The predicted octanol–water partition coefficient (Wildman–Crippen LogP) is 1.77. The smallest absolute Gasteiger partial charge is 0.146 e. The second-order valence-electron chi connectivity index (χ2n) is 3.54. The third-order valence-electron chi connectivity index (χ3n) is 2.39. The predicted molar refractivity (Wildman–Crippen MR) is 58.7 cm³/mol. The van der Waals surface area contributed by atoms with Crippen LogP contribution in [0.1, 0.15) is 18.4 Å². The molecule has 3 heteroatoms. The first-order valence-electron chi connectivity index (χ1n) is 5.05. The highest BCUT2D eigenvalue weighted by Gasteiger charge is 2.15. The van der Waals surface area contributed by atoms with Crippen LogP contribution < -0.4 is 0 Å². The first-order chi connectivity index (χ1) is 7.25. The summed E-state index contributed by atoms with van der Waals surface area (Å²) in [5.74, 6) is 0.0723. The molecule has 1 aromatic carbocycles. The number of hydrogen-bond acceptors (Lipinski definition) is 3. The maximum Gasteiger partial charge on any atom is 0.146 e. The van der Waals surface area contributed by atoms with Crippen molar-refractivity contribution in [3.8, 4) is 0 Å². The molecule has 0 saturated heterocycles. The van der Waals surface area contributed by atoms with Gasteiger partial charge in [0.15, 0.2) is 0 Å². The number of methoxy groups -OCH3 is 1. The Hall–Kier alpha value is -0.900. The van der Waals surface area contributed by atoms with Crippen LogP contribution in [-0.4, -0.2) is 31.7 Å². The van der Waals surface area contributed by atoms with E-state index >= 15 is 0 Å². The molecule has 0 amide bonds. The lowest BCUT2D eigenvalue weighted by Gasteiger charge is -2.18. The number of ether oxygens (including phenoxy) is 2. The summed E-state index contributed by atoms with van der Waals surface area (Å²) in [6, 6.07) is 9.90. The maximum absolute atomic E-state index is 9.82. The van der Waals surface area contributed by atoms with E-state index in [9.17, 15) is 5.11 Å². The Morgan fingerprint density at radius 3 is 2.53 bits per heavy atom. The van der Waals surface area contributed by atoms with Gasteiger partial charge >= 0.3 is 0 Å². The van der Waals surface area contributed by atoms with E-state index < -0.39 is 6.10 Å². The van der Waals surface area contributed by atoms with Crippen LogP contribution in [-0.2, 0) is 9.47 Å². The summed E-state index contributed by atoms with van der Waals surface area (Å²) in [4.78, 5) is 0. The van der Waals surface area contributed by atoms with Crippen LogP contribution in [0.3, 0.4) is 0 Å². The molecule has 0 fully saturated rings. The van der Waals surface area contributed by atoms with Gasteiger partial charge in [0, 0.05) is 13.0 Å². The van der Waals surface area contributed by atoms with E-state index in [-0.39, 0.29) is 12.7 Å². The Kier molecular flexibility index (Phi) is 5.32. The van der Waals surface area contributed by atoms with Crippen molar-refractivity contribution < 1.29 is 14.6 Å². The standard InChI is InChI=1S/C12H18O3/c1-10(11-6-4-3-5-7-11)12(13)8-15-9-14-2/h3-7,10,12-13H,8-9H2,1-2H3. The quantitative estimate of drug-likeness (QED) is 0.574. The molecule has 2 atom stereocenters. The van der Waals surface area contributed by atoms with Gasteiger partial charge < -0.3 is 14.6 Å². The molecule has 1 N–H and O–H groups in total. The number of benzene rings is 1. The average molecular weight is 210 g/mol. The van der Waals surface area contributed by atoms with Crippen molar-refractivity contribution in [1.29, 1.82) is 0 Å². The van der Waals surface area contributed by atoms with E-state index in [1.165, 1.54) is 0 Å². The monoisotopic (exact) mass is 210 g/mol. The van der Waals surface area contributed by atoms with Gasteiger partial charge in [-0.05, 0) is 5.56 Å². The third-order valence-corrected chi connectivity index (χ3v) is 2.39. The molecule has 0 aromatic heterocycles. The van der Waals surface area contributed by atoms with Crippen LogP contribution in [0.2, 0.25) is 0 Å². The van der Waals surface area contributed by atoms with Crippen molar-refractivity contribution in [2.24, 2.45) is 0 Å². The lowest BCUT2D eigenvalue weighted by atomic mass is 9.96. The van der Waals surface area contributed by atoms with Crippen LogP contribution in [0.5, 0.6) is 0 Å². The fourth-order valence-corrected chi connectivity index (χ4v) is 1.38. The molecule has 0 aliphatic carbocycles. The average Bonchev–Trinajstić information content (AvgIpc) is 2.29. The SMILES string of the molecule is COCOCC(O)C(C)c1ccccc1. The molecule has 1 rings (SSSR count). The third kappa shape index (κ3) is 4.00. The second kappa shape index (κ2) is 6.56. The molecule has 0 aliphatic rings. The van der Waals surface area contributed by atoms with Gasteiger partial charge in [0.05, 0.1) is 12.7 Å². The van der Waals surface area contributed by atoms with Gasteiger partial charge in [-0.1, -0.05) is 37.3 Å². The summed E-state index contributed by atoms with van der Waals surface area (Å²) >= 11 is 0. The molecule has 0 spiro atoms. The zero-order chi connectivity index (χ0) is 11.1. The normalized spacial score (nSPS) is 14.9. The first-order valence-corrected chi connectivity index (χ1v) is 5.05. The lowest BCUT2D eigenvalue weighted by Crippen LogP contribution is -2.22. The zero-order valence-corrected chi connectivity index (χ0v) is 9.22. The Balaban J connectivity index is 2.42. The van der Waals surface area contributed by atoms with E-state index in [1.807, 2.05) is 37.3 Å². The maximum atomic E-state index is 9.82. The Morgan fingerprint density at radius 2 is 1.93 bits per heavy atom. The lowest BCUT2D eigenvalue weighted by molar-refractivity contribution is -0.0653. The summed E-state index contributed by atoms with van der Waals surface area (Å²) in [5, 5.41) is 9.82. The molecular weight excluding hydrogens is 192 g/mol. The number of aliphatic hydroxyl groups is 1. The molecule has 0 aliphatic heterocycles. The fourth-order valence-electron chi connectivity index (χ4n) is 1.38. The highest BCUT2D eigenvalue weighted by molar-refractivity contribution is 5.19. The van der Waals surface area contributed by atoms with E-state index in [0.717, 1.165) is 5.56 Å². The molecule has 0 heterocycles. The van der Waals surface area contributed by atoms with Gasteiger partial charge in [0.25, 0.3) is 0 Å². The summed E-state index contributed by atoms with van der Waals surface area (Å²) < 4.78 is 9.86. The van der Waals surface area contributed by atoms with Crippen molar-refractivity contribution in [2.75, 3.05) is 20.5 Å². The Morgan fingerprint density at radius 1 is 1.27 bits per heavy atom. The van der Waals surface area contributed by atoms with Gasteiger partial charge in [0.1, 0.15) is 6.79 Å². The van der Waals surface area contributed by atoms with Gasteiger partial charge in [0.2, 0.25) is 0 Å². The molecule has 0 bridgehead atoms. The van der Waals surface area contributed by atoms with Crippen LogP contribution in [0.25, 0.3) is 0 Å². The van der Waals surface area contributed by atoms with Crippen molar-refractivity contribution in [1.82, 2.24) is 0 Å². The molecule has 0 radical (unpaired) electrons. The van der Waals surface area contributed by atoms with E-state index in [0.29, 0.717) is 6.61 Å². The topological polar surface area (TPSA) is 38.7 Å². The number of rotatable bonds is 6. The minimum Gasteiger partial charge on any atom is -0.390 e. The van der Waals surface area contributed by atoms with E-state index in [2.05, 4.69) is 0 Å². The summed E-state index contributed by atoms with van der Waals surface area (Å²) in [5.41, 5.74) is 1.12. The van der Waals surface area contributed by atoms with Gasteiger partial charge in [-0.3, -0.25) is 0 Å². The minimum atomic E-state index is -0.498. The number of hydrogen-bond donors (Lipinski definition) is 1. The second-order valence-corrected chi connectivity index (χ2v) is 3.54. The minimum absolute atomic E-state index is 0.0723. The van der Waals surface area contributed by atoms with E-state index in [1.54, 1.807) is 7.11 Å². The first kappa shape index (κ1) is 12.2. The highest BCUT2D eigenvalue weighted by Crippen LogP contribution is 2.18. The largest absolute Gasteiger partial charge is 0.390 e. The van der Waals surface area contributed by atoms with Gasteiger partial charge in [-0.2, -0.15) is 0 Å². The van der Waals surface area contributed by atoms with Crippen molar-refractivity contribution >= 4 is 0 Å². The summed E-state index contributed by atoms with van der Waals surface area (Å²) in [6.07, 6.45) is -0.498. The van der Waals surface area contributed by atoms with Crippen molar-refractivity contribution in [2.45, 2.75) is 18.9 Å². The Labute approximate surface area is 90.6 Å². The van der Waals surface area contributed by atoms with Crippen LogP contribution in [0.4, 0.5) is 0 Å². The molecule has 0 saturated carbocycles. The van der Waals surface area contributed by atoms with Crippen LogP contribution >= 0.6 is 0 Å². The summed E-state index contributed by atoms with van der Waals surface area (Å²) in [7, 11) is 1.56.